The van der Waals surface area contributed by atoms with Crippen LogP contribution >= 0.6 is 0 Å². The molecule has 3 N–H and O–H groups in total. The van der Waals surface area contributed by atoms with Gasteiger partial charge in [-0.25, -0.2) is 0 Å². The van der Waals surface area contributed by atoms with Crippen molar-refractivity contribution in [3.8, 4) is 11.1 Å². The smallest absolute Gasteiger partial charge is 0.0608 e. The molecule has 102 valence electrons. The predicted molar refractivity (Wildman–Crippen MR) is 76.6 cm³/mol. The average Bonchev–Trinajstić information content (AvgIpc) is 2.88. The molecule has 4 heteroatoms. The van der Waals surface area contributed by atoms with Gasteiger partial charge in [0.05, 0.1) is 12.8 Å². The predicted octanol–water partition coefficient (Wildman–Crippen LogP) is 2.04. The van der Waals surface area contributed by atoms with Crippen LogP contribution in [0.5, 0.6) is 0 Å². The van der Waals surface area contributed by atoms with E-state index in [9.17, 15) is 0 Å². The summed E-state index contributed by atoms with van der Waals surface area (Å²) in [5, 5.41) is 13.4. The molecule has 1 aromatic carbocycles. The quantitative estimate of drug-likeness (QED) is 0.834. The molecule has 1 aromatic heterocycles. The van der Waals surface area contributed by atoms with Crippen molar-refractivity contribution in [3.05, 3.63) is 42.7 Å². The second kappa shape index (κ2) is 5.99. The first-order chi connectivity index (χ1) is 9.11. The van der Waals surface area contributed by atoms with Gasteiger partial charge in [0.1, 0.15) is 0 Å². The van der Waals surface area contributed by atoms with E-state index in [0.29, 0.717) is 0 Å². The van der Waals surface area contributed by atoms with Crippen LogP contribution in [0.15, 0.2) is 42.7 Å². The molecule has 0 saturated heterocycles. The van der Waals surface area contributed by atoms with Gasteiger partial charge in [0, 0.05) is 23.8 Å². The number of aryl methyl sites for hydroxylation is 1. The van der Waals surface area contributed by atoms with E-state index in [1.807, 2.05) is 42.2 Å². The Morgan fingerprint density at radius 1 is 1.26 bits per heavy atom. The third kappa shape index (κ3) is 3.91. The number of nitrogens with two attached hydrogens (primary N) is 1. The lowest BCUT2D eigenvalue weighted by Gasteiger charge is -2.21. The Kier molecular flexibility index (Phi) is 4.35. The van der Waals surface area contributed by atoms with Crippen molar-refractivity contribution in [1.29, 1.82) is 0 Å². The van der Waals surface area contributed by atoms with Gasteiger partial charge in [0.25, 0.3) is 0 Å². The van der Waals surface area contributed by atoms with Gasteiger partial charge in [0.2, 0.25) is 0 Å². The van der Waals surface area contributed by atoms with Crippen LogP contribution in [0.25, 0.3) is 11.1 Å². The summed E-state index contributed by atoms with van der Waals surface area (Å²) < 4.78 is 1.93. The monoisotopic (exact) mass is 259 g/mol. The molecule has 0 aliphatic rings. The summed E-state index contributed by atoms with van der Waals surface area (Å²) in [6.07, 6.45) is 5.61. The number of nitrogens with zero attached hydrogens (tertiary/aromatic N) is 2. The number of hydrogen-bond acceptors (Lipinski definition) is 3. The molecule has 1 atom stereocenters. The molecule has 2 aromatic rings. The highest BCUT2D eigenvalue weighted by Gasteiger charge is 2.16. The minimum Gasteiger partial charge on any atom is -0.394 e. The molecule has 0 radical (unpaired) electrons. The highest BCUT2D eigenvalue weighted by Crippen LogP contribution is 2.18. The number of aliphatic hydroxyl groups is 1. The van der Waals surface area contributed by atoms with E-state index in [1.54, 1.807) is 0 Å². The Morgan fingerprint density at radius 2 is 2.00 bits per heavy atom. The molecule has 4 nitrogen and oxygen atoms in total. The lowest BCUT2D eigenvalue weighted by atomic mass is 9.99. The van der Waals surface area contributed by atoms with E-state index in [0.717, 1.165) is 24.9 Å². The SMILES string of the molecule is CC(N)(CO)CCCn1cc(-c2ccccc2)cn1. The molecular formula is C15H21N3O. The lowest BCUT2D eigenvalue weighted by Crippen LogP contribution is -2.40. The molecule has 0 aliphatic carbocycles. The van der Waals surface area contributed by atoms with Crippen molar-refractivity contribution in [2.45, 2.75) is 31.8 Å². The molecule has 0 aliphatic heterocycles. The Morgan fingerprint density at radius 3 is 2.68 bits per heavy atom. The summed E-state index contributed by atoms with van der Waals surface area (Å²) in [4.78, 5) is 0. The van der Waals surface area contributed by atoms with Gasteiger partial charge in [-0.1, -0.05) is 30.3 Å². The third-order valence-corrected chi connectivity index (χ3v) is 3.24. The number of hydrogen-bond donors (Lipinski definition) is 2. The van der Waals surface area contributed by atoms with E-state index in [-0.39, 0.29) is 6.61 Å². The third-order valence-electron chi connectivity index (χ3n) is 3.24. The van der Waals surface area contributed by atoms with Crippen molar-refractivity contribution < 1.29 is 5.11 Å². The number of aromatic nitrogens is 2. The van der Waals surface area contributed by atoms with Crippen LogP contribution in [-0.2, 0) is 6.54 Å². The molecule has 0 spiro atoms. The molecule has 0 saturated carbocycles. The average molecular weight is 259 g/mol. The molecule has 2 rings (SSSR count). The first kappa shape index (κ1) is 13.8. The summed E-state index contributed by atoms with van der Waals surface area (Å²) in [6, 6.07) is 10.2. The highest BCUT2D eigenvalue weighted by molar-refractivity contribution is 5.61. The summed E-state index contributed by atoms with van der Waals surface area (Å²) in [7, 11) is 0. The van der Waals surface area contributed by atoms with Gasteiger partial charge in [-0.05, 0) is 25.3 Å². The van der Waals surface area contributed by atoms with Gasteiger partial charge in [-0.2, -0.15) is 5.10 Å². The zero-order valence-corrected chi connectivity index (χ0v) is 11.3. The molecule has 0 bridgehead atoms. The van der Waals surface area contributed by atoms with Crippen molar-refractivity contribution in [1.82, 2.24) is 9.78 Å². The second-order valence-corrected chi connectivity index (χ2v) is 5.27. The van der Waals surface area contributed by atoms with Crippen LogP contribution in [0.4, 0.5) is 0 Å². The fourth-order valence-corrected chi connectivity index (χ4v) is 1.99. The maximum Gasteiger partial charge on any atom is 0.0608 e. The zero-order valence-electron chi connectivity index (χ0n) is 11.3. The fourth-order valence-electron chi connectivity index (χ4n) is 1.99. The topological polar surface area (TPSA) is 64.1 Å². The zero-order chi connectivity index (χ0) is 13.7. The second-order valence-electron chi connectivity index (χ2n) is 5.27. The number of rotatable bonds is 6. The summed E-state index contributed by atoms with van der Waals surface area (Å²) >= 11 is 0. The Bertz CT molecular complexity index is 505. The maximum absolute atomic E-state index is 9.10. The van der Waals surface area contributed by atoms with E-state index in [1.165, 1.54) is 5.56 Å². The van der Waals surface area contributed by atoms with E-state index < -0.39 is 5.54 Å². The molecule has 0 fully saturated rings. The normalized spacial score (nSPS) is 14.3. The molecular weight excluding hydrogens is 238 g/mol. The van der Waals surface area contributed by atoms with Crippen LogP contribution in [0.1, 0.15) is 19.8 Å². The van der Waals surface area contributed by atoms with Crippen molar-refractivity contribution in [2.75, 3.05) is 6.61 Å². The summed E-state index contributed by atoms with van der Waals surface area (Å²) in [5.74, 6) is 0. The van der Waals surface area contributed by atoms with Gasteiger partial charge in [-0.15, -0.1) is 0 Å². The summed E-state index contributed by atoms with van der Waals surface area (Å²) in [6.45, 7) is 2.70. The molecule has 0 amide bonds. The van der Waals surface area contributed by atoms with Crippen LogP contribution in [0.3, 0.4) is 0 Å². The van der Waals surface area contributed by atoms with Crippen molar-refractivity contribution in [2.24, 2.45) is 5.73 Å². The van der Waals surface area contributed by atoms with E-state index in [4.69, 9.17) is 10.8 Å². The molecule has 19 heavy (non-hydrogen) atoms. The standard InChI is InChI=1S/C15H21N3O/c1-15(16,12-19)8-5-9-18-11-14(10-17-18)13-6-3-2-4-7-13/h2-4,6-7,10-11,19H,5,8-9,12,16H2,1H3. The van der Waals surface area contributed by atoms with Gasteiger partial charge >= 0.3 is 0 Å². The first-order valence-corrected chi connectivity index (χ1v) is 6.58. The van der Waals surface area contributed by atoms with Crippen LogP contribution in [0, 0.1) is 0 Å². The van der Waals surface area contributed by atoms with Crippen molar-refractivity contribution in [3.63, 3.8) is 0 Å². The van der Waals surface area contributed by atoms with Crippen LogP contribution in [0.2, 0.25) is 0 Å². The first-order valence-electron chi connectivity index (χ1n) is 6.58. The molecule has 1 heterocycles. The van der Waals surface area contributed by atoms with Crippen LogP contribution < -0.4 is 5.73 Å². The van der Waals surface area contributed by atoms with E-state index in [2.05, 4.69) is 17.2 Å². The van der Waals surface area contributed by atoms with Gasteiger partial charge < -0.3 is 10.8 Å². The van der Waals surface area contributed by atoms with Gasteiger partial charge in [0.15, 0.2) is 0 Å². The number of benzene rings is 1. The minimum absolute atomic E-state index is 0.0153. The maximum atomic E-state index is 9.10. The van der Waals surface area contributed by atoms with E-state index >= 15 is 0 Å². The fraction of sp³-hybridized carbons (Fsp3) is 0.400. The van der Waals surface area contributed by atoms with Gasteiger partial charge in [-0.3, -0.25) is 4.68 Å². The summed E-state index contributed by atoms with van der Waals surface area (Å²) in [5.41, 5.74) is 7.70. The minimum atomic E-state index is -0.491. The van der Waals surface area contributed by atoms with Crippen LogP contribution in [-0.4, -0.2) is 27.0 Å². The Labute approximate surface area is 113 Å². The number of aliphatic hydroxyl groups excluding tert-OH is 1. The Hall–Kier alpha value is -1.65. The lowest BCUT2D eigenvalue weighted by molar-refractivity contribution is 0.196. The largest absolute Gasteiger partial charge is 0.394 e. The Balaban J connectivity index is 1.92. The van der Waals surface area contributed by atoms with Crippen molar-refractivity contribution >= 4 is 0 Å². The highest BCUT2D eigenvalue weighted by atomic mass is 16.3. The molecule has 1 unspecified atom stereocenters.